The van der Waals surface area contributed by atoms with Gasteiger partial charge in [0.15, 0.2) is 0 Å². The van der Waals surface area contributed by atoms with E-state index in [-0.39, 0.29) is 6.03 Å². The molecule has 2 N–H and O–H groups in total. The van der Waals surface area contributed by atoms with Gasteiger partial charge in [0.05, 0.1) is 29.1 Å². The third-order valence-electron chi connectivity index (χ3n) is 3.27. The Morgan fingerprint density at radius 3 is 2.62 bits per heavy atom. The molecular weight excluding hydrogens is 392 g/mol. The van der Waals surface area contributed by atoms with Crippen LogP contribution in [0, 0.1) is 0 Å². The first-order valence-corrected chi connectivity index (χ1v) is 8.37. The molecule has 1 heterocycles. The maximum Gasteiger partial charge on any atom is 0.323 e. The molecule has 3 aromatic rings. The molecule has 0 radical (unpaired) electrons. The van der Waals surface area contributed by atoms with E-state index >= 15 is 0 Å². The summed E-state index contributed by atoms with van der Waals surface area (Å²) in [6.07, 6.45) is 3.37. The first-order chi connectivity index (χ1) is 11.6. The molecule has 2 amide bonds. The lowest BCUT2D eigenvalue weighted by Crippen LogP contribution is -2.19. The van der Waals surface area contributed by atoms with E-state index in [9.17, 15) is 4.79 Å². The molecule has 5 nitrogen and oxygen atoms in total. The van der Waals surface area contributed by atoms with Crippen LogP contribution in [0.1, 0.15) is 5.56 Å². The van der Waals surface area contributed by atoms with Crippen molar-refractivity contribution in [3.8, 4) is 0 Å². The molecule has 0 aliphatic heterocycles. The molecule has 122 valence electrons. The largest absolute Gasteiger partial charge is 0.323 e. The Hall–Kier alpha value is -2.31. The van der Waals surface area contributed by atoms with Crippen LogP contribution in [0.5, 0.6) is 0 Å². The fourth-order valence-corrected chi connectivity index (χ4v) is 2.59. The van der Waals surface area contributed by atoms with Gasteiger partial charge in [-0.3, -0.25) is 4.68 Å². The number of hydrogen-bond acceptors (Lipinski definition) is 2. The van der Waals surface area contributed by atoms with E-state index in [0.29, 0.717) is 22.9 Å². The Bertz CT molecular complexity index is 848. The molecule has 7 heteroatoms. The van der Waals surface area contributed by atoms with Gasteiger partial charge in [-0.05, 0) is 29.8 Å². The van der Waals surface area contributed by atoms with Crippen molar-refractivity contribution in [3.05, 3.63) is 76.0 Å². The van der Waals surface area contributed by atoms with E-state index in [1.807, 2.05) is 24.3 Å². The topological polar surface area (TPSA) is 59.0 Å². The van der Waals surface area contributed by atoms with Gasteiger partial charge in [0.25, 0.3) is 0 Å². The number of halogens is 2. The van der Waals surface area contributed by atoms with Crippen LogP contribution in [-0.4, -0.2) is 15.8 Å². The van der Waals surface area contributed by atoms with Crippen LogP contribution >= 0.6 is 27.5 Å². The summed E-state index contributed by atoms with van der Waals surface area (Å²) in [5, 5.41) is 10.2. The lowest BCUT2D eigenvalue weighted by atomic mass is 10.2. The molecular formula is C17H14BrClN4O. The van der Waals surface area contributed by atoms with Gasteiger partial charge < -0.3 is 10.6 Å². The highest BCUT2D eigenvalue weighted by atomic mass is 79.9. The number of aromatic nitrogens is 2. The summed E-state index contributed by atoms with van der Waals surface area (Å²) < 4.78 is 2.79. The van der Waals surface area contributed by atoms with Gasteiger partial charge in [-0.15, -0.1) is 0 Å². The van der Waals surface area contributed by atoms with Crippen LogP contribution < -0.4 is 10.6 Å². The maximum absolute atomic E-state index is 12.0. The van der Waals surface area contributed by atoms with E-state index < -0.39 is 0 Å². The predicted molar refractivity (Wildman–Crippen MR) is 99.6 cm³/mol. The molecule has 0 spiro atoms. The highest BCUT2D eigenvalue weighted by Crippen LogP contribution is 2.20. The smallest absolute Gasteiger partial charge is 0.306 e. The number of nitrogens with zero attached hydrogens (tertiary/aromatic N) is 2. The van der Waals surface area contributed by atoms with E-state index in [2.05, 4.69) is 31.7 Å². The first-order valence-electron chi connectivity index (χ1n) is 7.19. The second-order valence-electron chi connectivity index (χ2n) is 5.11. The molecule has 2 aromatic carbocycles. The molecule has 0 fully saturated rings. The zero-order valence-corrected chi connectivity index (χ0v) is 14.9. The second-order valence-corrected chi connectivity index (χ2v) is 6.43. The van der Waals surface area contributed by atoms with E-state index in [0.717, 1.165) is 10.0 Å². The summed E-state index contributed by atoms with van der Waals surface area (Å²) >= 11 is 9.42. The van der Waals surface area contributed by atoms with Crippen LogP contribution in [-0.2, 0) is 6.54 Å². The lowest BCUT2D eigenvalue weighted by molar-refractivity contribution is 0.262. The fourth-order valence-electron chi connectivity index (χ4n) is 2.14. The van der Waals surface area contributed by atoms with E-state index in [4.69, 9.17) is 11.6 Å². The van der Waals surface area contributed by atoms with Gasteiger partial charge >= 0.3 is 6.03 Å². The summed E-state index contributed by atoms with van der Waals surface area (Å²) in [5.41, 5.74) is 2.28. The summed E-state index contributed by atoms with van der Waals surface area (Å²) in [6, 6.07) is 14.7. The van der Waals surface area contributed by atoms with Gasteiger partial charge in [-0.1, -0.05) is 51.8 Å². The van der Waals surface area contributed by atoms with Crippen molar-refractivity contribution >= 4 is 44.9 Å². The highest BCUT2D eigenvalue weighted by Gasteiger charge is 2.07. The molecule has 0 unspecified atom stereocenters. The lowest BCUT2D eigenvalue weighted by Gasteiger charge is -2.07. The summed E-state index contributed by atoms with van der Waals surface area (Å²) in [6.45, 7) is 0.626. The minimum absolute atomic E-state index is 0.369. The molecule has 0 saturated heterocycles. The zero-order chi connectivity index (χ0) is 16.9. The number of benzene rings is 2. The van der Waals surface area contributed by atoms with Crippen molar-refractivity contribution in [3.63, 3.8) is 0 Å². The quantitative estimate of drug-likeness (QED) is 0.642. The molecule has 0 aliphatic carbocycles. The number of rotatable bonds is 4. The number of nitrogens with one attached hydrogen (secondary N) is 2. The summed E-state index contributed by atoms with van der Waals surface area (Å²) in [5.74, 6) is 0. The number of hydrogen-bond donors (Lipinski definition) is 2. The normalized spacial score (nSPS) is 10.4. The molecule has 0 aliphatic rings. The van der Waals surface area contributed by atoms with Gasteiger partial charge in [0.2, 0.25) is 0 Å². The molecule has 1 aromatic heterocycles. The molecule has 0 bridgehead atoms. The molecule has 3 rings (SSSR count). The average molecular weight is 406 g/mol. The molecule has 0 atom stereocenters. The van der Waals surface area contributed by atoms with Gasteiger partial charge in [0, 0.05) is 10.7 Å². The van der Waals surface area contributed by atoms with E-state index in [1.165, 1.54) is 0 Å². The van der Waals surface area contributed by atoms with Crippen LogP contribution in [0.25, 0.3) is 0 Å². The third-order valence-corrected chi connectivity index (χ3v) is 4.13. The monoisotopic (exact) mass is 404 g/mol. The molecule has 24 heavy (non-hydrogen) atoms. The number of para-hydroxylation sites is 1. The van der Waals surface area contributed by atoms with Gasteiger partial charge in [-0.25, -0.2) is 4.79 Å². The van der Waals surface area contributed by atoms with Crippen molar-refractivity contribution in [1.82, 2.24) is 9.78 Å². The van der Waals surface area contributed by atoms with Gasteiger partial charge in [-0.2, -0.15) is 5.10 Å². The SMILES string of the molecule is O=C(Nc1cnn(Cc2ccc(Br)cc2)c1)Nc1ccccc1Cl. The molecule has 0 saturated carbocycles. The van der Waals surface area contributed by atoms with Crippen LogP contribution in [0.4, 0.5) is 16.2 Å². The average Bonchev–Trinajstić information content (AvgIpc) is 2.99. The number of urea groups is 1. The Balaban J connectivity index is 1.60. The van der Waals surface area contributed by atoms with Crippen LogP contribution in [0.2, 0.25) is 5.02 Å². The predicted octanol–water partition coefficient (Wildman–Crippen LogP) is 4.99. The van der Waals surface area contributed by atoms with E-state index in [1.54, 1.807) is 41.3 Å². The fraction of sp³-hybridized carbons (Fsp3) is 0.0588. The zero-order valence-electron chi connectivity index (χ0n) is 12.5. The minimum atomic E-state index is -0.369. The van der Waals surface area contributed by atoms with Crippen molar-refractivity contribution in [2.45, 2.75) is 6.54 Å². The Morgan fingerprint density at radius 2 is 1.88 bits per heavy atom. The number of amides is 2. The third kappa shape index (κ3) is 4.37. The number of anilines is 2. The summed E-state index contributed by atoms with van der Waals surface area (Å²) in [7, 11) is 0. The Kier molecular flexibility index (Phi) is 5.17. The number of carbonyl (C=O) groups excluding carboxylic acids is 1. The van der Waals surface area contributed by atoms with Crippen molar-refractivity contribution < 1.29 is 4.79 Å². The van der Waals surface area contributed by atoms with Crippen molar-refractivity contribution in [1.29, 1.82) is 0 Å². The Labute approximate surface area is 152 Å². The maximum atomic E-state index is 12.0. The van der Waals surface area contributed by atoms with Crippen molar-refractivity contribution in [2.75, 3.05) is 10.6 Å². The standard InChI is InChI=1S/C17H14BrClN4O/c18-13-7-5-12(6-8-13)10-23-11-14(9-20-23)21-17(24)22-16-4-2-1-3-15(16)19/h1-9,11H,10H2,(H2,21,22,24). The Morgan fingerprint density at radius 1 is 1.12 bits per heavy atom. The van der Waals surface area contributed by atoms with Crippen molar-refractivity contribution in [2.24, 2.45) is 0 Å². The summed E-state index contributed by atoms with van der Waals surface area (Å²) in [4.78, 5) is 12.0. The first kappa shape index (κ1) is 16.5. The minimum Gasteiger partial charge on any atom is -0.306 e. The van der Waals surface area contributed by atoms with Gasteiger partial charge in [0.1, 0.15) is 0 Å². The highest BCUT2D eigenvalue weighted by molar-refractivity contribution is 9.10. The van der Waals surface area contributed by atoms with Crippen LogP contribution in [0.3, 0.4) is 0 Å². The number of carbonyl (C=O) groups is 1. The second kappa shape index (κ2) is 7.51. The van der Waals surface area contributed by atoms with Crippen LogP contribution in [0.15, 0.2) is 65.4 Å².